The molecule has 0 unspecified atom stereocenters. The molecule has 0 saturated heterocycles. The zero-order valence-corrected chi connectivity index (χ0v) is 11.6. The van der Waals surface area contributed by atoms with Crippen molar-refractivity contribution in [1.82, 2.24) is 4.90 Å². The zero-order valence-electron chi connectivity index (χ0n) is 11.6. The summed E-state index contributed by atoms with van der Waals surface area (Å²) in [6.45, 7) is 3.48. The minimum absolute atomic E-state index is 0.0231. The van der Waals surface area contributed by atoms with E-state index in [2.05, 4.69) is 23.5 Å². The van der Waals surface area contributed by atoms with Crippen LogP contribution in [0.15, 0.2) is 48.5 Å². The lowest BCUT2D eigenvalue weighted by atomic mass is 10.0. The van der Waals surface area contributed by atoms with E-state index >= 15 is 0 Å². The number of fused-ring (bicyclic) bond motifs is 1. The summed E-state index contributed by atoms with van der Waals surface area (Å²) < 4.78 is 0. The van der Waals surface area contributed by atoms with Gasteiger partial charge in [0.25, 0.3) is 0 Å². The Balaban J connectivity index is 1.70. The Morgan fingerprint density at radius 1 is 1.10 bits per heavy atom. The number of carbonyl (C=O) groups excluding carboxylic acids is 1. The third-order valence-corrected chi connectivity index (χ3v) is 3.69. The summed E-state index contributed by atoms with van der Waals surface area (Å²) in [4.78, 5) is 14.2. The topological polar surface area (TPSA) is 32.3 Å². The smallest absolute Gasteiger partial charge is 0.320 e. The molecule has 0 aromatic heterocycles. The van der Waals surface area contributed by atoms with Gasteiger partial charge in [-0.2, -0.15) is 0 Å². The van der Waals surface area contributed by atoms with Crippen molar-refractivity contribution in [3.8, 4) is 0 Å². The summed E-state index contributed by atoms with van der Waals surface area (Å²) in [6.07, 6.45) is 0.928. The molecule has 20 heavy (non-hydrogen) atoms. The highest BCUT2D eigenvalue weighted by molar-refractivity contribution is 5.89. The van der Waals surface area contributed by atoms with Crippen molar-refractivity contribution in [3.05, 3.63) is 65.2 Å². The van der Waals surface area contributed by atoms with Crippen LogP contribution in [0.2, 0.25) is 0 Å². The summed E-state index contributed by atoms with van der Waals surface area (Å²) in [7, 11) is 0. The van der Waals surface area contributed by atoms with E-state index in [-0.39, 0.29) is 6.03 Å². The van der Waals surface area contributed by atoms with E-state index in [0.29, 0.717) is 6.54 Å². The summed E-state index contributed by atoms with van der Waals surface area (Å²) in [6, 6.07) is 16.2. The number of carbonyl (C=O) groups is 1. The number of anilines is 1. The number of rotatable bonds is 1. The predicted molar refractivity (Wildman–Crippen MR) is 80.8 cm³/mol. The Labute approximate surface area is 119 Å². The van der Waals surface area contributed by atoms with Crippen LogP contribution in [0.3, 0.4) is 0 Å². The molecule has 1 heterocycles. The average molecular weight is 266 g/mol. The van der Waals surface area contributed by atoms with Gasteiger partial charge >= 0.3 is 6.03 Å². The molecule has 0 bridgehead atoms. The normalized spacial score (nSPS) is 13.8. The van der Waals surface area contributed by atoms with Gasteiger partial charge in [0.05, 0.1) is 0 Å². The lowest BCUT2D eigenvalue weighted by Crippen LogP contribution is -2.38. The maximum absolute atomic E-state index is 12.3. The maximum Gasteiger partial charge on any atom is 0.322 e. The van der Waals surface area contributed by atoms with Gasteiger partial charge < -0.3 is 10.2 Å². The molecule has 3 rings (SSSR count). The van der Waals surface area contributed by atoms with Gasteiger partial charge in [0.15, 0.2) is 0 Å². The second-order valence-electron chi connectivity index (χ2n) is 5.24. The van der Waals surface area contributed by atoms with Crippen molar-refractivity contribution in [3.63, 3.8) is 0 Å². The van der Waals surface area contributed by atoms with Gasteiger partial charge in [-0.15, -0.1) is 0 Å². The quantitative estimate of drug-likeness (QED) is 0.840. The largest absolute Gasteiger partial charge is 0.322 e. The number of nitrogens with one attached hydrogen (secondary N) is 1. The molecule has 0 atom stereocenters. The third-order valence-electron chi connectivity index (χ3n) is 3.69. The molecule has 0 saturated carbocycles. The number of hydrogen-bond acceptors (Lipinski definition) is 1. The van der Waals surface area contributed by atoms with Crippen LogP contribution < -0.4 is 5.32 Å². The Kier molecular flexibility index (Phi) is 3.42. The van der Waals surface area contributed by atoms with Crippen LogP contribution >= 0.6 is 0 Å². The van der Waals surface area contributed by atoms with Crippen LogP contribution in [-0.4, -0.2) is 17.5 Å². The summed E-state index contributed by atoms with van der Waals surface area (Å²) in [5.41, 5.74) is 4.60. The lowest BCUT2D eigenvalue weighted by molar-refractivity contribution is 0.206. The van der Waals surface area contributed by atoms with Crippen LogP contribution in [0.4, 0.5) is 10.5 Å². The van der Waals surface area contributed by atoms with E-state index in [1.807, 2.05) is 42.2 Å². The standard InChI is InChI=1S/C17H18N2O/c1-13-5-4-8-16(11-13)18-17(20)19-10-9-14-6-2-3-7-15(14)12-19/h2-8,11H,9-10,12H2,1H3,(H,18,20). The molecule has 2 amide bonds. The zero-order chi connectivity index (χ0) is 13.9. The summed E-state index contributed by atoms with van der Waals surface area (Å²) >= 11 is 0. The van der Waals surface area contributed by atoms with Crippen molar-refractivity contribution in [1.29, 1.82) is 0 Å². The average Bonchev–Trinajstić information content (AvgIpc) is 2.47. The lowest BCUT2D eigenvalue weighted by Gasteiger charge is -2.29. The highest BCUT2D eigenvalue weighted by Crippen LogP contribution is 2.19. The molecule has 0 aliphatic carbocycles. The van der Waals surface area contributed by atoms with Crippen LogP contribution in [0.5, 0.6) is 0 Å². The van der Waals surface area contributed by atoms with Crippen molar-refractivity contribution < 1.29 is 4.79 Å². The van der Waals surface area contributed by atoms with Crippen molar-refractivity contribution in [2.75, 3.05) is 11.9 Å². The van der Waals surface area contributed by atoms with Gasteiger partial charge in [-0.05, 0) is 42.2 Å². The Hall–Kier alpha value is -2.29. The highest BCUT2D eigenvalue weighted by Gasteiger charge is 2.20. The molecule has 3 heteroatoms. The van der Waals surface area contributed by atoms with E-state index in [1.54, 1.807) is 0 Å². The van der Waals surface area contributed by atoms with Gasteiger partial charge in [0, 0.05) is 18.8 Å². The van der Waals surface area contributed by atoms with Crippen LogP contribution in [0, 0.1) is 6.92 Å². The predicted octanol–water partition coefficient (Wildman–Crippen LogP) is 3.59. The number of urea groups is 1. The Morgan fingerprint density at radius 2 is 1.90 bits per heavy atom. The van der Waals surface area contributed by atoms with E-state index < -0.39 is 0 Å². The van der Waals surface area contributed by atoms with Crippen LogP contribution in [0.25, 0.3) is 0 Å². The van der Waals surface area contributed by atoms with E-state index in [1.165, 1.54) is 11.1 Å². The fourth-order valence-electron chi connectivity index (χ4n) is 2.59. The molecular weight excluding hydrogens is 248 g/mol. The number of hydrogen-bond donors (Lipinski definition) is 1. The summed E-state index contributed by atoms with van der Waals surface area (Å²) in [5, 5.41) is 2.97. The van der Waals surface area contributed by atoms with Crippen molar-refractivity contribution >= 4 is 11.7 Å². The minimum atomic E-state index is -0.0231. The molecule has 2 aromatic rings. The molecule has 0 radical (unpaired) electrons. The fourth-order valence-corrected chi connectivity index (χ4v) is 2.59. The van der Waals surface area contributed by atoms with Gasteiger partial charge in [-0.3, -0.25) is 0 Å². The van der Waals surface area contributed by atoms with E-state index in [0.717, 1.165) is 24.2 Å². The van der Waals surface area contributed by atoms with E-state index in [9.17, 15) is 4.79 Å². The molecule has 1 aliphatic rings. The fraction of sp³-hybridized carbons (Fsp3) is 0.235. The Morgan fingerprint density at radius 3 is 2.70 bits per heavy atom. The first kappa shape index (κ1) is 12.7. The number of amides is 2. The molecule has 1 aliphatic heterocycles. The molecule has 0 spiro atoms. The molecule has 1 N–H and O–H groups in total. The Bertz CT molecular complexity index is 636. The SMILES string of the molecule is Cc1cccc(NC(=O)N2CCc3ccccc3C2)c1. The van der Waals surface area contributed by atoms with Gasteiger partial charge in [0.1, 0.15) is 0 Å². The molecule has 0 fully saturated rings. The number of nitrogens with zero attached hydrogens (tertiary/aromatic N) is 1. The first-order chi connectivity index (χ1) is 9.72. The van der Waals surface area contributed by atoms with E-state index in [4.69, 9.17) is 0 Å². The van der Waals surface area contributed by atoms with Crippen molar-refractivity contribution in [2.45, 2.75) is 19.9 Å². The second-order valence-corrected chi connectivity index (χ2v) is 5.24. The highest BCUT2D eigenvalue weighted by atomic mass is 16.2. The monoisotopic (exact) mass is 266 g/mol. The van der Waals surface area contributed by atoms with Gasteiger partial charge in [-0.1, -0.05) is 36.4 Å². The third kappa shape index (κ3) is 2.67. The van der Waals surface area contributed by atoms with Crippen molar-refractivity contribution in [2.24, 2.45) is 0 Å². The summed E-state index contributed by atoms with van der Waals surface area (Å²) in [5.74, 6) is 0. The molecule has 102 valence electrons. The number of aryl methyl sites for hydroxylation is 1. The maximum atomic E-state index is 12.3. The molecular formula is C17H18N2O. The first-order valence-corrected chi connectivity index (χ1v) is 6.92. The second kappa shape index (κ2) is 5.37. The van der Waals surface area contributed by atoms with Crippen LogP contribution in [-0.2, 0) is 13.0 Å². The number of benzene rings is 2. The molecule has 2 aromatic carbocycles. The van der Waals surface area contributed by atoms with Crippen LogP contribution in [0.1, 0.15) is 16.7 Å². The molecule has 3 nitrogen and oxygen atoms in total. The first-order valence-electron chi connectivity index (χ1n) is 6.92. The minimum Gasteiger partial charge on any atom is -0.320 e. The van der Waals surface area contributed by atoms with Gasteiger partial charge in [-0.25, -0.2) is 4.79 Å². The van der Waals surface area contributed by atoms with Gasteiger partial charge in [0.2, 0.25) is 0 Å².